The smallest absolute Gasteiger partial charge is 0.230 e. The van der Waals surface area contributed by atoms with Crippen molar-refractivity contribution >= 4 is 40.9 Å². The number of hydrogen-bond donors (Lipinski definition) is 1. The lowest BCUT2D eigenvalue weighted by atomic mass is 9.98. The lowest BCUT2D eigenvalue weighted by molar-refractivity contribution is -0.119. The van der Waals surface area contributed by atoms with Crippen LogP contribution in [0.25, 0.3) is 0 Å². The first-order valence-electron chi connectivity index (χ1n) is 6.55. The summed E-state index contributed by atoms with van der Waals surface area (Å²) in [5.41, 5.74) is 2.16. The first-order chi connectivity index (χ1) is 10.1. The van der Waals surface area contributed by atoms with Crippen LogP contribution in [0.1, 0.15) is 22.4 Å². The quantitative estimate of drug-likeness (QED) is 0.864. The summed E-state index contributed by atoms with van der Waals surface area (Å²) in [6.45, 7) is 0. The van der Waals surface area contributed by atoms with Crippen LogP contribution in [-0.2, 0) is 4.79 Å². The van der Waals surface area contributed by atoms with Gasteiger partial charge in [0, 0.05) is 10.0 Å². The molecule has 1 heterocycles. The predicted octanol–water partition coefficient (Wildman–Crippen LogP) is 4.64. The first kappa shape index (κ1) is 14.8. The van der Waals surface area contributed by atoms with Gasteiger partial charge in [-0.15, -0.1) is 11.8 Å². The van der Waals surface area contributed by atoms with Crippen molar-refractivity contribution in [3.63, 3.8) is 0 Å². The molecule has 3 rings (SSSR count). The van der Waals surface area contributed by atoms with Crippen molar-refractivity contribution in [3.05, 3.63) is 69.7 Å². The minimum absolute atomic E-state index is 0.0539. The Morgan fingerprint density at radius 1 is 1.00 bits per heavy atom. The number of carbonyl (C=O) groups is 1. The summed E-state index contributed by atoms with van der Waals surface area (Å²) in [6.07, 6.45) is 0. The van der Waals surface area contributed by atoms with Gasteiger partial charge in [0.2, 0.25) is 5.91 Å². The Morgan fingerprint density at radius 2 is 1.76 bits per heavy atom. The molecule has 1 aliphatic heterocycles. The van der Waals surface area contributed by atoms with Gasteiger partial charge < -0.3 is 5.32 Å². The number of benzene rings is 2. The van der Waals surface area contributed by atoms with Gasteiger partial charge in [-0.25, -0.2) is 0 Å². The van der Waals surface area contributed by atoms with Crippen LogP contribution >= 0.6 is 35.0 Å². The van der Waals surface area contributed by atoms with E-state index in [2.05, 4.69) is 5.32 Å². The molecule has 0 saturated carbocycles. The highest BCUT2D eigenvalue weighted by molar-refractivity contribution is 8.00. The number of thioether (sulfide) groups is 1. The number of amides is 1. The molecule has 108 valence electrons. The molecular weight excluding hydrogens is 325 g/mol. The molecule has 21 heavy (non-hydrogen) atoms. The third-order valence-corrected chi connectivity index (χ3v) is 5.24. The molecule has 1 aliphatic rings. The van der Waals surface area contributed by atoms with Crippen molar-refractivity contribution in [3.8, 4) is 0 Å². The van der Waals surface area contributed by atoms with Crippen LogP contribution in [0.2, 0.25) is 10.0 Å². The van der Waals surface area contributed by atoms with Crippen LogP contribution in [0.5, 0.6) is 0 Å². The maximum Gasteiger partial charge on any atom is 0.230 e. The van der Waals surface area contributed by atoms with Crippen LogP contribution in [0.15, 0.2) is 48.5 Å². The molecule has 0 radical (unpaired) electrons. The summed E-state index contributed by atoms with van der Waals surface area (Å²) >= 11 is 13.7. The first-order valence-corrected chi connectivity index (χ1v) is 8.36. The Morgan fingerprint density at radius 3 is 2.48 bits per heavy atom. The average molecular weight is 338 g/mol. The van der Waals surface area contributed by atoms with Gasteiger partial charge in [0.05, 0.1) is 17.0 Å². The fourth-order valence-corrected chi connectivity index (χ4v) is 3.95. The van der Waals surface area contributed by atoms with E-state index < -0.39 is 0 Å². The van der Waals surface area contributed by atoms with Crippen molar-refractivity contribution in [2.24, 2.45) is 0 Å². The number of hydrogen-bond acceptors (Lipinski definition) is 2. The van der Waals surface area contributed by atoms with E-state index in [4.69, 9.17) is 23.2 Å². The second kappa shape index (κ2) is 6.30. The second-order valence-electron chi connectivity index (χ2n) is 4.88. The molecule has 2 unspecified atom stereocenters. The fourth-order valence-electron chi connectivity index (χ4n) is 2.45. The molecule has 0 bridgehead atoms. The number of halogens is 2. The molecule has 1 saturated heterocycles. The third-order valence-electron chi connectivity index (χ3n) is 3.42. The average Bonchev–Trinajstić information content (AvgIpc) is 2.48. The Kier molecular flexibility index (Phi) is 4.43. The maximum absolute atomic E-state index is 11.8. The highest BCUT2D eigenvalue weighted by Gasteiger charge is 2.31. The summed E-state index contributed by atoms with van der Waals surface area (Å²) in [6, 6.07) is 15.3. The lowest BCUT2D eigenvalue weighted by Gasteiger charge is -2.32. The summed E-state index contributed by atoms with van der Waals surface area (Å²) in [5.74, 6) is 0.514. The predicted molar refractivity (Wildman–Crippen MR) is 89.0 cm³/mol. The molecule has 0 spiro atoms. The summed E-state index contributed by atoms with van der Waals surface area (Å²) in [5, 5.41) is 4.61. The van der Waals surface area contributed by atoms with Crippen LogP contribution < -0.4 is 5.32 Å². The van der Waals surface area contributed by atoms with Gasteiger partial charge in [-0.2, -0.15) is 0 Å². The Balaban J connectivity index is 1.96. The molecule has 2 atom stereocenters. The zero-order chi connectivity index (χ0) is 14.8. The van der Waals surface area contributed by atoms with Gasteiger partial charge in [0.15, 0.2) is 0 Å². The molecular formula is C16H13Cl2NOS. The van der Waals surface area contributed by atoms with Crippen molar-refractivity contribution < 1.29 is 4.79 Å². The van der Waals surface area contributed by atoms with Gasteiger partial charge >= 0.3 is 0 Å². The molecule has 5 heteroatoms. The van der Waals surface area contributed by atoms with E-state index in [1.807, 2.05) is 48.5 Å². The molecule has 2 nitrogen and oxygen atoms in total. The van der Waals surface area contributed by atoms with E-state index in [-0.39, 0.29) is 17.2 Å². The largest absolute Gasteiger partial charge is 0.347 e. The van der Waals surface area contributed by atoms with Crippen LogP contribution in [0, 0.1) is 0 Å². The highest BCUT2D eigenvalue weighted by Crippen LogP contribution is 2.43. The number of nitrogens with one attached hydrogen (secondary N) is 1. The van der Waals surface area contributed by atoms with Gasteiger partial charge in [-0.05, 0) is 35.4 Å². The molecule has 0 aromatic heterocycles. The Bertz CT molecular complexity index is 660. The summed E-state index contributed by atoms with van der Waals surface area (Å²) in [4.78, 5) is 11.8. The van der Waals surface area contributed by atoms with E-state index in [1.54, 1.807) is 11.8 Å². The summed E-state index contributed by atoms with van der Waals surface area (Å²) in [7, 11) is 0. The third kappa shape index (κ3) is 3.37. The van der Waals surface area contributed by atoms with Crippen molar-refractivity contribution in [1.82, 2.24) is 5.32 Å². The molecule has 1 N–H and O–H groups in total. The SMILES string of the molecule is O=C1CSC(c2cccc(Cl)c2)C(c2ccc(Cl)cc2)N1. The van der Waals surface area contributed by atoms with Gasteiger partial charge in [0.25, 0.3) is 0 Å². The van der Waals surface area contributed by atoms with E-state index in [9.17, 15) is 4.79 Å². The van der Waals surface area contributed by atoms with Crippen molar-refractivity contribution in [2.75, 3.05) is 5.75 Å². The normalized spacial score (nSPS) is 21.9. The lowest BCUT2D eigenvalue weighted by Crippen LogP contribution is -2.37. The maximum atomic E-state index is 11.8. The number of rotatable bonds is 2. The Hall–Kier alpha value is -1.16. The zero-order valence-corrected chi connectivity index (χ0v) is 13.4. The number of carbonyl (C=O) groups excluding carboxylic acids is 1. The minimum atomic E-state index is -0.0769. The van der Waals surface area contributed by atoms with Crippen LogP contribution in [-0.4, -0.2) is 11.7 Å². The van der Waals surface area contributed by atoms with Crippen molar-refractivity contribution in [2.45, 2.75) is 11.3 Å². The monoisotopic (exact) mass is 337 g/mol. The van der Waals surface area contributed by atoms with Gasteiger partial charge in [-0.3, -0.25) is 4.79 Å². The summed E-state index contributed by atoms with van der Waals surface area (Å²) < 4.78 is 0. The molecule has 1 fully saturated rings. The fraction of sp³-hybridized carbons (Fsp3) is 0.188. The molecule has 1 amide bonds. The van der Waals surface area contributed by atoms with E-state index in [1.165, 1.54) is 0 Å². The highest BCUT2D eigenvalue weighted by atomic mass is 35.5. The molecule has 2 aromatic rings. The second-order valence-corrected chi connectivity index (χ2v) is 6.89. The Labute approximate surface area is 137 Å². The zero-order valence-electron chi connectivity index (χ0n) is 11.1. The topological polar surface area (TPSA) is 29.1 Å². The molecule has 2 aromatic carbocycles. The van der Waals surface area contributed by atoms with Gasteiger partial charge in [0.1, 0.15) is 0 Å². The van der Waals surface area contributed by atoms with E-state index in [0.29, 0.717) is 15.8 Å². The van der Waals surface area contributed by atoms with E-state index >= 15 is 0 Å². The van der Waals surface area contributed by atoms with Crippen molar-refractivity contribution in [1.29, 1.82) is 0 Å². The van der Waals surface area contributed by atoms with Gasteiger partial charge in [-0.1, -0.05) is 47.5 Å². The molecule has 0 aliphatic carbocycles. The van der Waals surface area contributed by atoms with E-state index in [0.717, 1.165) is 11.1 Å². The minimum Gasteiger partial charge on any atom is -0.347 e. The standard InChI is InChI=1S/C16H13Cl2NOS/c17-12-6-4-10(5-7-12)15-16(21-9-14(20)19-15)11-2-1-3-13(18)8-11/h1-8,15-16H,9H2,(H,19,20). The van der Waals surface area contributed by atoms with Crippen LogP contribution in [0.3, 0.4) is 0 Å². The van der Waals surface area contributed by atoms with Crippen LogP contribution in [0.4, 0.5) is 0 Å².